The first kappa shape index (κ1) is 24.4. The predicted molar refractivity (Wildman–Crippen MR) is 144 cm³/mol. The summed E-state index contributed by atoms with van der Waals surface area (Å²) in [6, 6.07) is 15.8. The third-order valence-electron chi connectivity index (χ3n) is 6.42. The number of aromatic nitrogens is 1. The number of nitrogens with zero attached hydrogens (tertiary/aromatic N) is 3. The number of para-hydroxylation sites is 4. The summed E-state index contributed by atoms with van der Waals surface area (Å²) in [7, 11) is 0. The van der Waals surface area contributed by atoms with Gasteiger partial charge in [0.15, 0.2) is 12.3 Å². The number of hydrogen-bond donors (Lipinski definition) is 2. The van der Waals surface area contributed by atoms with Crippen molar-refractivity contribution in [3.05, 3.63) is 82.4 Å². The minimum absolute atomic E-state index is 0.00878. The van der Waals surface area contributed by atoms with Crippen molar-refractivity contribution in [2.24, 2.45) is 0 Å². The van der Waals surface area contributed by atoms with Gasteiger partial charge in [0, 0.05) is 35.2 Å². The van der Waals surface area contributed by atoms with E-state index in [9.17, 15) is 15.0 Å². The summed E-state index contributed by atoms with van der Waals surface area (Å²) in [5.74, 6) is 2.22. The molecule has 0 bridgehead atoms. The second-order valence-electron chi connectivity index (χ2n) is 8.46. The number of hydrogen-bond acceptors (Lipinski definition) is 7. The molecule has 0 radical (unpaired) electrons. The van der Waals surface area contributed by atoms with Crippen LogP contribution in [0.3, 0.4) is 0 Å². The molecule has 0 saturated heterocycles. The maximum Gasteiger partial charge on any atom is 0.374 e. The number of thioether (sulfide) groups is 1. The van der Waals surface area contributed by atoms with Crippen LogP contribution < -0.4 is 14.4 Å². The van der Waals surface area contributed by atoms with Crippen molar-refractivity contribution in [3.63, 3.8) is 0 Å². The molecule has 0 fully saturated rings. The Morgan fingerprint density at radius 1 is 0.972 bits per heavy atom. The number of oxazole rings is 1. The molecular formula is C28H30N3O4S+. The van der Waals surface area contributed by atoms with Gasteiger partial charge in [0.1, 0.15) is 12.4 Å². The van der Waals surface area contributed by atoms with E-state index in [1.54, 1.807) is 17.8 Å². The first-order valence-electron chi connectivity index (χ1n) is 12.3. The van der Waals surface area contributed by atoms with Crippen LogP contribution in [0.5, 0.6) is 0 Å². The summed E-state index contributed by atoms with van der Waals surface area (Å²) in [6.45, 7) is 5.69. The van der Waals surface area contributed by atoms with E-state index in [1.807, 2.05) is 53.1 Å². The number of carbonyl (C=O) groups excluding carboxylic acids is 1. The first-order chi connectivity index (χ1) is 17.6. The van der Waals surface area contributed by atoms with Crippen molar-refractivity contribution < 1.29 is 24.0 Å². The Kier molecular flexibility index (Phi) is 7.00. The van der Waals surface area contributed by atoms with Crippen LogP contribution in [0, 0.1) is 0 Å². The molecule has 0 atom stereocenters. The van der Waals surface area contributed by atoms with E-state index in [-0.39, 0.29) is 19.0 Å². The van der Waals surface area contributed by atoms with Crippen LogP contribution in [0.4, 0.5) is 11.4 Å². The van der Waals surface area contributed by atoms with Crippen LogP contribution in [0.25, 0.3) is 17.2 Å². The number of aliphatic hydroxyl groups excluding tert-OH is 2. The maximum atomic E-state index is 13.5. The van der Waals surface area contributed by atoms with Crippen LogP contribution in [0.15, 0.2) is 80.9 Å². The Bertz CT molecular complexity index is 1400. The zero-order valence-electron chi connectivity index (χ0n) is 20.5. The minimum atomic E-state index is -0.0367. The number of anilines is 2. The average Bonchev–Trinajstić information content (AvgIpc) is 3.40. The molecule has 1 aliphatic carbocycles. The standard InChI is InChI=1S/C28H30N3O4S/c1-3-29-21-9-5-6-10-22(21)30(13-15-32)25(29)17-19-27(34)20(28(19)36-4-2)18-26-31(14-16-33)23-11-7-8-12-24(23)35-26/h5-12,17-18,32-33H,3-4,13-16H2,1-2H3/q+1. The highest BCUT2D eigenvalue weighted by Gasteiger charge is 2.37. The van der Waals surface area contributed by atoms with Gasteiger partial charge in [0.2, 0.25) is 5.58 Å². The molecule has 8 heteroatoms. The molecule has 2 heterocycles. The van der Waals surface area contributed by atoms with Gasteiger partial charge in [0.05, 0.1) is 24.1 Å². The number of aliphatic hydroxyl groups is 2. The molecule has 0 saturated carbocycles. The number of rotatable bonds is 9. The molecule has 36 heavy (non-hydrogen) atoms. The van der Waals surface area contributed by atoms with Gasteiger partial charge in [-0.3, -0.25) is 4.79 Å². The second-order valence-corrected chi connectivity index (χ2v) is 9.73. The summed E-state index contributed by atoms with van der Waals surface area (Å²) < 4.78 is 7.96. The van der Waals surface area contributed by atoms with Gasteiger partial charge >= 0.3 is 5.89 Å². The molecule has 7 nitrogen and oxygen atoms in total. The van der Waals surface area contributed by atoms with Crippen molar-refractivity contribution in [1.82, 2.24) is 0 Å². The Labute approximate surface area is 214 Å². The number of Topliss-reactive ketones (excluding diaryl/α,β-unsaturated/α-hetero) is 1. The Balaban J connectivity index is 1.60. The van der Waals surface area contributed by atoms with E-state index in [1.165, 1.54) is 0 Å². The fourth-order valence-corrected chi connectivity index (χ4v) is 5.78. The lowest BCUT2D eigenvalue weighted by Crippen LogP contribution is -2.37. The van der Waals surface area contributed by atoms with E-state index in [0.717, 1.165) is 39.9 Å². The summed E-state index contributed by atoms with van der Waals surface area (Å²) in [5, 5.41) is 19.4. The van der Waals surface area contributed by atoms with Crippen LogP contribution >= 0.6 is 11.8 Å². The van der Waals surface area contributed by atoms with Gasteiger partial charge in [-0.25, -0.2) is 0 Å². The van der Waals surface area contributed by atoms with Crippen molar-refractivity contribution in [1.29, 1.82) is 0 Å². The summed E-state index contributed by atoms with van der Waals surface area (Å²) in [5.41, 5.74) is 4.97. The molecule has 1 aromatic heterocycles. The summed E-state index contributed by atoms with van der Waals surface area (Å²) >= 11 is 1.63. The van der Waals surface area contributed by atoms with Crippen LogP contribution in [0.2, 0.25) is 0 Å². The lowest BCUT2D eigenvalue weighted by molar-refractivity contribution is -0.679. The Hall–Kier alpha value is -3.33. The van der Waals surface area contributed by atoms with Gasteiger partial charge in [-0.2, -0.15) is 4.57 Å². The zero-order chi connectivity index (χ0) is 25.2. The normalized spacial score (nSPS) is 17.6. The monoisotopic (exact) mass is 504 g/mol. The fraction of sp³-hybridized carbons (Fsp3) is 0.286. The van der Waals surface area contributed by atoms with Gasteiger partial charge in [0.25, 0.3) is 5.52 Å². The molecule has 0 spiro atoms. The highest BCUT2D eigenvalue weighted by Crippen LogP contribution is 2.45. The second kappa shape index (κ2) is 10.3. The molecule has 5 rings (SSSR count). The third kappa shape index (κ3) is 4.05. The number of fused-ring (bicyclic) bond motifs is 2. The van der Waals surface area contributed by atoms with Gasteiger partial charge in [-0.15, -0.1) is 11.8 Å². The Morgan fingerprint density at radius 3 is 2.39 bits per heavy atom. The minimum Gasteiger partial charge on any atom is -0.398 e. The number of ketones is 1. The predicted octanol–water partition coefficient (Wildman–Crippen LogP) is 3.87. The molecule has 0 amide bonds. The lowest BCUT2D eigenvalue weighted by Gasteiger charge is -2.28. The number of benzene rings is 2. The van der Waals surface area contributed by atoms with Crippen LogP contribution in [0.1, 0.15) is 19.7 Å². The quantitative estimate of drug-likeness (QED) is 0.338. The highest BCUT2D eigenvalue weighted by molar-refractivity contribution is 8.03. The highest BCUT2D eigenvalue weighted by atomic mass is 32.2. The third-order valence-corrected chi connectivity index (χ3v) is 7.44. The topological polar surface area (TPSA) is 81.0 Å². The average molecular weight is 505 g/mol. The van der Waals surface area contributed by atoms with Crippen molar-refractivity contribution >= 4 is 46.1 Å². The number of β-amino-alcohol motifs (C(OH)–C–C–N with tert-alkyl or cyclic N) is 1. The fourth-order valence-electron chi connectivity index (χ4n) is 4.88. The summed E-state index contributed by atoms with van der Waals surface area (Å²) in [4.78, 5) is 18.7. The SMILES string of the molecule is CCSC1=C(/C=C2/N(CC)c3ccccc3N2CCO)C(=O)/C1=C/c1oc2ccccc2[n+]1CCO. The van der Waals surface area contributed by atoms with Crippen molar-refractivity contribution in [3.8, 4) is 0 Å². The zero-order valence-corrected chi connectivity index (χ0v) is 21.3. The van der Waals surface area contributed by atoms with Crippen LogP contribution in [-0.2, 0) is 11.3 Å². The van der Waals surface area contributed by atoms with E-state index >= 15 is 0 Å². The van der Waals surface area contributed by atoms with Crippen molar-refractivity contribution in [2.75, 3.05) is 41.9 Å². The molecular weight excluding hydrogens is 474 g/mol. The number of allylic oxidation sites excluding steroid dienone is 3. The van der Waals surface area contributed by atoms with Gasteiger partial charge in [-0.05, 0) is 37.0 Å². The Morgan fingerprint density at radius 2 is 1.69 bits per heavy atom. The lowest BCUT2D eigenvalue weighted by atomic mass is 9.89. The molecule has 2 N–H and O–H groups in total. The van der Waals surface area contributed by atoms with E-state index < -0.39 is 0 Å². The largest absolute Gasteiger partial charge is 0.398 e. The first-order valence-corrected chi connectivity index (χ1v) is 13.2. The molecule has 0 unspecified atom stereocenters. The molecule has 186 valence electrons. The van der Waals surface area contributed by atoms with Crippen molar-refractivity contribution in [2.45, 2.75) is 20.4 Å². The molecule has 2 aliphatic rings. The molecule has 3 aromatic rings. The van der Waals surface area contributed by atoms with Crippen LogP contribution in [-0.4, -0.2) is 48.1 Å². The smallest absolute Gasteiger partial charge is 0.374 e. The molecule has 1 aliphatic heterocycles. The van der Waals surface area contributed by atoms with Gasteiger partial charge in [-0.1, -0.05) is 31.2 Å². The van der Waals surface area contributed by atoms with E-state index in [4.69, 9.17) is 4.42 Å². The molecule has 2 aromatic carbocycles. The number of carbonyl (C=O) groups is 1. The van der Waals surface area contributed by atoms with E-state index in [0.29, 0.717) is 35.7 Å². The maximum absolute atomic E-state index is 13.5. The van der Waals surface area contributed by atoms with Gasteiger partial charge < -0.3 is 24.4 Å². The van der Waals surface area contributed by atoms with E-state index in [2.05, 4.69) is 29.7 Å². The summed E-state index contributed by atoms with van der Waals surface area (Å²) in [6.07, 6.45) is 3.75.